The minimum absolute atomic E-state index is 0.112. The second-order valence-electron chi connectivity index (χ2n) is 8.23. The van der Waals surface area contributed by atoms with Crippen molar-refractivity contribution in [3.05, 3.63) is 69.1 Å². The summed E-state index contributed by atoms with van der Waals surface area (Å²) in [4.78, 5) is 38.5. The number of nitrogens with one attached hydrogen (secondary N) is 1. The second kappa shape index (κ2) is 9.53. The number of aromatic amines is 1. The van der Waals surface area contributed by atoms with E-state index in [-0.39, 0.29) is 11.6 Å². The lowest BCUT2D eigenvalue weighted by Gasteiger charge is -2.25. The van der Waals surface area contributed by atoms with Crippen LogP contribution in [-0.2, 0) is 19.6 Å². The van der Waals surface area contributed by atoms with Gasteiger partial charge >= 0.3 is 5.69 Å². The second-order valence-corrected chi connectivity index (χ2v) is 8.23. The third-order valence-electron chi connectivity index (χ3n) is 6.13. The average Bonchev–Trinajstić information content (AvgIpc) is 3.47. The van der Waals surface area contributed by atoms with Gasteiger partial charge in [0.05, 0.1) is 12.2 Å². The van der Waals surface area contributed by atoms with E-state index in [1.165, 1.54) is 6.33 Å². The smallest absolute Gasteiger partial charge is 0.321 e. The average molecular weight is 451 g/mol. The lowest BCUT2D eigenvalue weighted by Crippen LogP contribution is -2.31. The number of aryl methyl sites for hydroxylation is 2. The molecule has 0 saturated heterocycles. The molecule has 3 aromatic heterocycles. The number of hydrogen-bond donors (Lipinski definition) is 1. The van der Waals surface area contributed by atoms with Crippen molar-refractivity contribution in [2.75, 3.05) is 7.05 Å². The lowest BCUT2D eigenvalue weighted by molar-refractivity contribution is 0.244. The van der Waals surface area contributed by atoms with Crippen LogP contribution in [0, 0.1) is 0 Å². The normalized spacial score (nSPS) is 12.6. The maximum Gasteiger partial charge on any atom is 0.330 e. The summed E-state index contributed by atoms with van der Waals surface area (Å²) >= 11 is 0. The fourth-order valence-electron chi connectivity index (χ4n) is 4.06. The van der Waals surface area contributed by atoms with Crippen molar-refractivity contribution in [3.8, 4) is 5.69 Å². The minimum atomic E-state index is -0.401. The molecule has 10 heteroatoms. The third kappa shape index (κ3) is 4.38. The van der Waals surface area contributed by atoms with Crippen LogP contribution >= 0.6 is 0 Å². The molecule has 33 heavy (non-hydrogen) atoms. The van der Waals surface area contributed by atoms with E-state index in [0.29, 0.717) is 30.8 Å². The molecule has 1 unspecified atom stereocenters. The summed E-state index contributed by atoms with van der Waals surface area (Å²) in [5.41, 5.74) is 2.24. The number of nitrogens with zero attached hydrogens (tertiary/aromatic N) is 7. The summed E-state index contributed by atoms with van der Waals surface area (Å²) in [6, 6.07) is 8.30. The number of rotatable bonds is 9. The zero-order valence-electron chi connectivity index (χ0n) is 19.5. The molecule has 0 spiro atoms. The van der Waals surface area contributed by atoms with Crippen LogP contribution in [0.1, 0.15) is 51.0 Å². The summed E-state index contributed by atoms with van der Waals surface area (Å²) in [5.74, 6) is 0.766. The maximum absolute atomic E-state index is 12.6. The Morgan fingerprint density at radius 3 is 2.52 bits per heavy atom. The number of imidazole rings is 1. The van der Waals surface area contributed by atoms with Crippen LogP contribution in [-0.4, -0.2) is 45.8 Å². The molecule has 0 aliphatic rings. The van der Waals surface area contributed by atoms with Gasteiger partial charge in [-0.1, -0.05) is 25.5 Å². The van der Waals surface area contributed by atoms with Gasteiger partial charge in [-0.3, -0.25) is 19.2 Å². The van der Waals surface area contributed by atoms with Crippen LogP contribution < -0.4 is 11.2 Å². The summed E-state index contributed by atoms with van der Waals surface area (Å²) < 4.78 is 5.21. The van der Waals surface area contributed by atoms with Gasteiger partial charge in [0.1, 0.15) is 18.5 Å². The quantitative estimate of drug-likeness (QED) is 0.420. The topological polar surface area (TPSA) is 107 Å². The third-order valence-corrected chi connectivity index (χ3v) is 6.13. The van der Waals surface area contributed by atoms with E-state index in [4.69, 9.17) is 4.98 Å². The van der Waals surface area contributed by atoms with Crippen molar-refractivity contribution in [1.82, 2.24) is 38.8 Å². The van der Waals surface area contributed by atoms with Gasteiger partial charge in [0.2, 0.25) is 0 Å². The first-order valence-corrected chi connectivity index (χ1v) is 11.3. The SMILES string of the molecule is CCCCn1c(=O)[nH]c(=O)c2c1nc(CN(C)C(C)c1ccc(-n3cncn3)cc1)n2CC. The van der Waals surface area contributed by atoms with Gasteiger partial charge in [-0.05, 0) is 45.0 Å². The molecule has 0 aliphatic carbocycles. The highest BCUT2D eigenvalue weighted by Crippen LogP contribution is 2.23. The van der Waals surface area contributed by atoms with Gasteiger partial charge in [-0.15, -0.1) is 0 Å². The first-order valence-electron chi connectivity index (χ1n) is 11.3. The molecule has 0 amide bonds. The zero-order valence-corrected chi connectivity index (χ0v) is 19.5. The Morgan fingerprint density at radius 1 is 1.12 bits per heavy atom. The van der Waals surface area contributed by atoms with Gasteiger partial charge in [-0.25, -0.2) is 19.4 Å². The number of unbranched alkanes of at least 4 members (excludes halogenated alkanes) is 1. The molecule has 0 bridgehead atoms. The molecule has 0 fully saturated rings. The maximum atomic E-state index is 12.6. The summed E-state index contributed by atoms with van der Waals surface area (Å²) in [7, 11) is 2.03. The molecule has 10 nitrogen and oxygen atoms in total. The van der Waals surface area contributed by atoms with Crippen molar-refractivity contribution < 1.29 is 0 Å². The summed E-state index contributed by atoms with van der Waals surface area (Å²) in [6.07, 6.45) is 4.97. The number of hydrogen-bond acceptors (Lipinski definition) is 6. The van der Waals surface area contributed by atoms with E-state index in [0.717, 1.165) is 29.9 Å². The van der Waals surface area contributed by atoms with Crippen molar-refractivity contribution in [2.24, 2.45) is 0 Å². The van der Waals surface area contributed by atoms with E-state index >= 15 is 0 Å². The highest BCUT2D eigenvalue weighted by Gasteiger charge is 2.20. The Morgan fingerprint density at radius 2 is 1.88 bits per heavy atom. The van der Waals surface area contributed by atoms with Gasteiger partial charge in [0, 0.05) is 19.1 Å². The van der Waals surface area contributed by atoms with Crippen LogP contribution in [0.3, 0.4) is 0 Å². The van der Waals surface area contributed by atoms with Crippen molar-refractivity contribution in [1.29, 1.82) is 0 Å². The van der Waals surface area contributed by atoms with Crippen molar-refractivity contribution >= 4 is 11.2 Å². The van der Waals surface area contributed by atoms with Crippen LogP contribution in [0.4, 0.5) is 0 Å². The highest BCUT2D eigenvalue weighted by atomic mass is 16.2. The van der Waals surface area contributed by atoms with E-state index in [2.05, 4.69) is 45.9 Å². The van der Waals surface area contributed by atoms with Crippen LogP contribution in [0.2, 0.25) is 0 Å². The number of aromatic nitrogens is 7. The van der Waals surface area contributed by atoms with Gasteiger partial charge in [0.15, 0.2) is 11.2 Å². The largest absolute Gasteiger partial charge is 0.330 e. The number of benzene rings is 1. The predicted molar refractivity (Wildman–Crippen MR) is 126 cm³/mol. The van der Waals surface area contributed by atoms with Crippen LogP contribution in [0.25, 0.3) is 16.9 Å². The minimum Gasteiger partial charge on any atom is -0.321 e. The fourth-order valence-corrected chi connectivity index (χ4v) is 4.06. The Hall–Kier alpha value is -3.53. The molecule has 4 aromatic rings. The van der Waals surface area contributed by atoms with Gasteiger partial charge < -0.3 is 4.57 Å². The summed E-state index contributed by atoms with van der Waals surface area (Å²) in [6.45, 7) is 7.85. The van der Waals surface area contributed by atoms with E-state index in [1.807, 2.05) is 30.7 Å². The van der Waals surface area contributed by atoms with E-state index in [1.54, 1.807) is 15.6 Å². The summed E-state index contributed by atoms with van der Waals surface area (Å²) in [5, 5.41) is 4.16. The van der Waals surface area contributed by atoms with Crippen molar-refractivity contribution in [3.63, 3.8) is 0 Å². The molecule has 3 heterocycles. The Labute approximate surface area is 191 Å². The Kier molecular flexibility index (Phi) is 6.55. The predicted octanol–water partition coefficient (Wildman–Crippen LogP) is 2.48. The Bertz CT molecular complexity index is 1330. The van der Waals surface area contributed by atoms with Crippen LogP contribution in [0.5, 0.6) is 0 Å². The first-order chi connectivity index (χ1) is 15.9. The lowest BCUT2D eigenvalue weighted by atomic mass is 10.1. The molecule has 1 atom stereocenters. The molecular formula is C23H30N8O2. The standard InChI is InChI=1S/C23H30N8O2/c1-5-7-12-30-21-20(22(32)27-23(30)33)29(6-2)19(26-21)13-28(4)16(3)17-8-10-18(11-9-17)31-15-24-14-25-31/h8-11,14-16H,5-7,12-13H2,1-4H3,(H,27,32,33). The van der Waals surface area contributed by atoms with Crippen LogP contribution in [0.15, 0.2) is 46.5 Å². The molecule has 0 aliphatic heterocycles. The van der Waals surface area contributed by atoms with Gasteiger partial charge in [-0.2, -0.15) is 5.10 Å². The fraction of sp³-hybridized carbons (Fsp3) is 0.435. The molecule has 174 valence electrons. The molecule has 4 rings (SSSR count). The number of H-pyrrole nitrogens is 1. The Balaban J connectivity index is 1.63. The van der Waals surface area contributed by atoms with Crippen molar-refractivity contribution in [2.45, 2.75) is 59.3 Å². The van der Waals surface area contributed by atoms with E-state index in [9.17, 15) is 9.59 Å². The first kappa shape index (κ1) is 22.7. The molecule has 0 saturated carbocycles. The molecular weight excluding hydrogens is 420 g/mol. The molecule has 1 aromatic carbocycles. The highest BCUT2D eigenvalue weighted by molar-refractivity contribution is 5.71. The zero-order chi connectivity index (χ0) is 23.5. The molecule has 1 N–H and O–H groups in total. The monoisotopic (exact) mass is 450 g/mol. The van der Waals surface area contributed by atoms with E-state index < -0.39 is 5.69 Å². The molecule has 0 radical (unpaired) electrons. The van der Waals surface area contributed by atoms with Gasteiger partial charge in [0.25, 0.3) is 5.56 Å². The number of fused-ring (bicyclic) bond motifs is 1.